The van der Waals surface area contributed by atoms with Gasteiger partial charge in [-0.25, -0.2) is 0 Å². The molecule has 0 saturated heterocycles. The summed E-state index contributed by atoms with van der Waals surface area (Å²) >= 11 is 1.21. The highest BCUT2D eigenvalue weighted by Crippen LogP contribution is 2.35. The van der Waals surface area contributed by atoms with E-state index in [1.165, 1.54) is 11.8 Å². The number of fused-ring (bicyclic) bond motifs is 1. The molecule has 1 aliphatic rings. The lowest BCUT2D eigenvalue weighted by Crippen LogP contribution is -2.29. The van der Waals surface area contributed by atoms with Crippen LogP contribution >= 0.6 is 11.8 Å². The number of anilines is 1. The number of amides is 1. The summed E-state index contributed by atoms with van der Waals surface area (Å²) in [7, 11) is 0. The molecule has 0 spiro atoms. The van der Waals surface area contributed by atoms with E-state index in [2.05, 4.69) is 5.32 Å². The van der Waals surface area contributed by atoms with Crippen LogP contribution in [0.1, 0.15) is 33.2 Å². The first-order valence-corrected chi connectivity index (χ1v) is 11.2. The van der Waals surface area contributed by atoms with Crippen molar-refractivity contribution in [3.8, 4) is 5.75 Å². The maximum absolute atomic E-state index is 13.3. The maximum atomic E-state index is 13.3. The van der Waals surface area contributed by atoms with Crippen molar-refractivity contribution in [2.75, 3.05) is 11.9 Å². The fourth-order valence-electron chi connectivity index (χ4n) is 3.42. The Kier molecular flexibility index (Phi) is 6.52. The van der Waals surface area contributed by atoms with Crippen molar-refractivity contribution < 1.29 is 19.1 Å². The molecule has 32 heavy (non-hydrogen) atoms. The average Bonchev–Trinajstić information content (AvgIpc) is 2.82. The van der Waals surface area contributed by atoms with Crippen LogP contribution in [-0.2, 0) is 10.5 Å². The number of benzene rings is 3. The Morgan fingerprint density at radius 2 is 1.47 bits per heavy atom. The highest BCUT2D eigenvalue weighted by molar-refractivity contribution is 8.03. The van der Waals surface area contributed by atoms with Gasteiger partial charge in [0.05, 0.1) is 11.5 Å². The predicted molar refractivity (Wildman–Crippen MR) is 126 cm³/mol. The first kappa shape index (κ1) is 21.6. The van der Waals surface area contributed by atoms with Crippen LogP contribution in [0.3, 0.4) is 0 Å². The van der Waals surface area contributed by atoms with Crippen LogP contribution in [0.5, 0.6) is 5.75 Å². The third-order valence-corrected chi connectivity index (χ3v) is 6.11. The number of hydrogen-bond donors (Lipinski definition) is 1. The summed E-state index contributed by atoms with van der Waals surface area (Å²) in [6, 6.07) is 23.1. The number of ketones is 2. The van der Waals surface area contributed by atoms with Gasteiger partial charge >= 0.3 is 0 Å². The Balaban J connectivity index is 1.66. The molecule has 4 rings (SSSR count). The van der Waals surface area contributed by atoms with Crippen molar-refractivity contribution in [2.24, 2.45) is 0 Å². The lowest BCUT2D eigenvalue weighted by molar-refractivity contribution is -0.112. The number of ether oxygens (including phenoxy) is 1. The van der Waals surface area contributed by atoms with Crippen LogP contribution < -0.4 is 10.1 Å². The highest BCUT2D eigenvalue weighted by Gasteiger charge is 2.36. The number of Topliss-reactive ketones (excluding diaryl/α,β-unsaturated/α-hetero) is 2. The van der Waals surface area contributed by atoms with E-state index < -0.39 is 11.7 Å². The highest BCUT2D eigenvalue weighted by atomic mass is 32.2. The molecule has 3 aromatic carbocycles. The van der Waals surface area contributed by atoms with Crippen LogP contribution in [0.4, 0.5) is 5.69 Å². The van der Waals surface area contributed by atoms with Gasteiger partial charge in [-0.1, -0.05) is 54.6 Å². The molecule has 0 heterocycles. The molecule has 0 aromatic heterocycles. The molecule has 0 aliphatic heterocycles. The molecular formula is C26H21NO4S. The van der Waals surface area contributed by atoms with Crippen LogP contribution in [0.2, 0.25) is 0 Å². The molecule has 1 aliphatic carbocycles. The van der Waals surface area contributed by atoms with E-state index in [9.17, 15) is 14.4 Å². The SMILES string of the molecule is CCOc1ccc(NC(=O)C2=C(SCc3ccccc3)C(=O)c3ccccc3C2=O)cc1. The molecule has 0 atom stereocenters. The second-order valence-corrected chi connectivity index (χ2v) is 8.08. The molecule has 0 unspecified atom stereocenters. The van der Waals surface area contributed by atoms with Gasteiger partial charge in [0.1, 0.15) is 11.3 Å². The van der Waals surface area contributed by atoms with E-state index in [0.29, 0.717) is 29.4 Å². The summed E-state index contributed by atoms with van der Waals surface area (Å²) in [4.78, 5) is 39.8. The molecule has 160 valence electrons. The number of carbonyl (C=O) groups excluding carboxylic acids is 3. The fraction of sp³-hybridized carbons (Fsp3) is 0.115. The number of nitrogens with one attached hydrogen (secondary N) is 1. The number of hydrogen-bond acceptors (Lipinski definition) is 5. The molecule has 0 fully saturated rings. The van der Waals surface area contributed by atoms with E-state index in [4.69, 9.17) is 4.74 Å². The smallest absolute Gasteiger partial charge is 0.260 e. The van der Waals surface area contributed by atoms with E-state index in [1.807, 2.05) is 37.3 Å². The van der Waals surface area contributed by atoms with Crippen molar-refractivity contribution in [1.82, 2.24) is 0 Å². The molecule has 1 N–H and O–H groups in total. The van der Waals surface area contributed by atoms with Gasteiger partial charge in [-0.05, 0) is 36.8 Å². The van der Waals surface area contributed by atoms with E-state index in [-0.39, 0.29) is 21.8 Å². The number of allylic oxidation sites excluding steroid dienone is 1. The Hall–Kier alpha value is -3.64. The third kappa shape index (κ3) is 4.50. The Morgan fingerprint density at radius 1 is 0.844 bits per heavy atom. The van der Waals surface area contributed by atoms with Crippen molar-refractivity contribution in [1.29, 1.82) is 0 Å². The molecule has 0 bridgehead atoms. The fourth-order valence-corrected chi connectivity index (χ4v) is 4.50. The van der Waals surface area contributed by atoms with Gasteiger partial charge in [0.2, 0.25) is 11.6 Å². The van der Waals surface area contributed by atoms with Gasteiger partial charge in [0.25, 0.3) is 5.91 Å². The van der Waals surface area contributed by atoms with Crippen LogP contribution in [0, 0.1) is 0 Å². The third-order valence-electron chi connectivity index (χ3n) is 4.95. The minimum atomic E-state index is -0.599. The number of carbonyl (C=O) groups is 3. The summed E-state index contributed by atoms with van der Waals surface area (Å²) in [5, 5.41) is 2.75. The van der Waals surface area contributed by atoms with Gasteiger partial charge in [-0.15, -0.1) is 11.8 Å². The van der Waals surface area contributed by atoms with Crippen LogP contribution in [0.15, 0.2) is 89.3 Å². The zero-order valence-corrected chi connectivity index (χ0v) is 18.3. The largest absolute Gasteiger partial charge is 0.494 e. The molecule has 0 radical (unpaired) electrons. The summed E-state index contributed by atoms with van der Waals surface area (Å²) < 4.78 is 5.42. The molecule has 0 saturated carbocycles. The van der Waals surface area contributed by atoms with Gasteiger partial charge in [0, 0.05) is 22.6 Å². The lowest BCUT2D eigenvalue weighted by Gasteiger charge is -2.20. The topological polar surface area (TPSA) is 72.5 Å². The lowest BCUT2D eigenvalue weighted by atomic mass is 9.89. The Bertz CT molecular complexity index is 1200. The second-order valence-electron chi connectivity index (χ2n) is 7.09. The van der Waals surface area contributed by atoms with Gasteiger partial charge in [0.15, 0.2) is 0 Å². The molecule has 6 heteroatoms. The quantitative estimate of drug-likeness (QED) is 0.502. The standard InChI is InChI=1S/C26H21NO4S/c1-2-31-19-14-12-18(13-15-19)27-26(30)22-23(28)20-10-6-7-11-21(20)24(29)25(22)32-16-17-8-4-3-5-9-17/h3-15H,2,16H2,1H3,(H,27,30). The zero-order chi connectivity index (χ0) is 22.5. The molecular weight excluding hydrogens is 422 g/mol. The minimum Gasteiger partial charge on any atom is -0.494 e. The molecule has 1 amide bonds. The van der Waals surface area contributed by atoms with Crippen molar-refractivity contribution in [3.05, 3.63) is 106 Å². The van der Waals surface area contributed by atoms with Crippen molar-refractivity contribution >= 4 is 34.9 Å². The van der Waals surface area contributed by atoms with Crippen LogP contribution in [0.25, 0.3) is 0 Å². The van der Waals surface area contributed by atoms with Gasteiger partial charge in [-0.2, -0.15) is 0 Å². The molecule has 3 aromatic rings. The van der Waals surface area contributed by atoms with Gasteiger partial charge < -0.3 is 10.1 Å². The normalized spacial score (nSPS) is 13.0. The van der Waals surface area contributed by atoms with Crippen LogP contribution in [-0.4, -0.2) is 24.1 Å². The monoisotopic (exact) mass is 443 g/mol. The second kappa shape index (κ2) is 9.66. The molecule has 5 nitrogen and oxygen atoms in total. The first-order valence-electron chi connectivity index (χ1n) is 10.2. The Labute approximate surface area is 190 Å². The van der Waals surface area contributed by atoms with Gasteiger partial charge in [-0.3, -0.25) is 14.4 Å². The summed E-state index contributed by atoms with van der Waals surface area (Å²) in [6.07, 6.45) is 0. The zero-order valence-electron chi connectivity index (χ0n) is 17.5. The number of thioether (sulfide) groups is 1. The van der Waals surface area contributed by atoms with E-state index >= 15 is 0 Å². The van der Waals surface area contributed by atoms with Crippen molar-refractivity contribution in [2.45, 2.75) is 12.7 Å². The Morgan fingerprint density at radius 3 is 2.12 bits per heavy atom. The first-order chi connectivity index (χ1) is 15.6. The summed E-state index contributed by atoms with van der Waals surface area (Å²) in [5.41, 5.74) is 1.96. The maximum Gasteiger partial charge on any atom is 0.260 e. The minimum absolute atomic E-state index is 0.122. The number of rotatable bonds is 7. The summed E-state index contributed by atoms with van der Waals surface area (Å²) in [5.74, 6) is -0.201. The van der Waals surface area contributed by atoms with Crippen molar-refractivity contribution in [3.63, 3.8) is 0 Å². The van der Waals surface area contributed by atoms with E-state index in [0.717, 1.165) is 5.56 Å². The average molecular weight is 444 g/mol. The predicted octanol–water partition coefficient (Wildman–Crippen LogP) is 5.29. The van der Waals surface area contributed by atoms with E-state index in [1.54, 1.807) is 48.5 Å². The summed E-state index contributed by atoms with van der Waals surface area (Å²) in [6.45, 7) is 2.43.